The van der Waals surface area contributed by atoms with Gasteiger partial charge in [-0.1, -0.05) is 6.07 Å². The number of pyridine rings is 1. The fraction of sp³-hybridized carbons (Fsp3) is 0.300. The Balaban J connectivity index is 0. The van der Waals surface area contributed by atoms with Crippen LogP contribution in [-0.4, -0.2) is 18.3 Å². The van der Waals surface area contributed by atoms with Crippen molar-refractivity contribution in [2.24, 2.45) is 0 Å². The van der Waals surface area contributed by atoms with Crippen LogP contribution < -0.4 is 5.32 Å². The van der Waals surface area contributed by atoms with Gasteiger partial charge >= 0.3 is 27.2 Å². The number of hydrogen-bond acceptors (Lipinski definition) is 3. The number of halogens is 1. The average Bonchev–Trinajstić information content (AvgIpc) is 2.36. The molecule has 0 atom stereocenters. The van der Waals surface area contributed by atoms with Crippen LogP contribution in [0, 0.1) is 6.92 Å². The molecule has 3 nitrogen and oxygen atoms in total. The minimum atomic E-state index is 0.844. The first-order valence-electron chi connectivity index (χ1n) is 4.21. The van der Waals surface area contributed by atoms with E-state index >= 15 is 0 Å². The van der Waals surface area contributed by atoms with E-state index < -0.39 is 0 Å². The molecule has 88 valence electrons. The van der Waals surface area contributed by atoms with E-state index in [4.69, 9.17) is 14.4 Å². The molecule has 0 aliphatic carbocycles. The van der Waals surface area contributed by atoms with Gasteiger partial charge in [0.05, 0.1) is 5.69 Å². The summed E-state index contributed by atoms with van der Waals surface area (Å²) in [6, 6.07) is 5.93. The molecule has 1 heterocycles. The fourth-order valence-electron chi connectivity index (χ4n) is 0.844. The van der Waals surface area contributed by atoms with Crippen LogP contribution >= 0.6 is 9.64 Å². The summed E-state index contributed by atoms with van der Waals surface area (Å²) in [7, 11) is 4.69. The third-order valence-electron chi connectivity index (χ3n) is 1.39. The molecular weight excluding hydrogens is 390 g/mol. The Morgan fingerprint density at radius 2 is 2.13 bits per heavy atom. The number of hydrogen-bond donors (Lipinski definition) is 1. The summed E-state index contributed by atoms with van der Waals surface area (Å²) < 4.78 is 0. The molecular formula is C10H15ClN2OOs-2. The summed E-state index contributed by atoms with van der Waals surface area (Å²) >= 11 is 1.19. The molecule has 1 aromatic heterocycles. The third-order valence-corrected chi connectivity index (χ3v) is 1.39. The molecule has 1 N–H and O–H groups in total. The van der Waals surface area contributed by atoms with E-state index in [0.29, 0.717) is 0 Å². The van der Waals surface area contributed by atoms with Gasteiger partial charge in [0.1, 0.15) is 0 Å². The van der Waals surface area contributed by atoms with Gasteiger partial charge in [0, 0.05) is 12.7 Å². The van der Waals surface area contributed by atoms with Crippen LogP contribution in [0.5, 0.6) is 0 Å². The summed E-state index contributed by atoms with van der Waals surface area (Å²) in [6.07, 6.45) is 2.73. The second-order valence-corrected chi connectivity index (χ2v) is 2.35. The number of nitrogens with one attached hydrogen (secondary N) is 1. The van der Waals surface area contributed by atoms with Crippen LogP contribution in [0.3, 0.4) is 0 Å². The quantitative estimate of drug-likeness (QED) is 0.470. The monoisotopic (exact) mass is 406 g/mol. The van der Waals surface area contributed by atoms with E-state index in [-0.39, 0.29) is 0 Å². The fourth-order valence-corrected chi connectivity index (χ4v) is 0.844. The second-order valence-electron chi connectivity index (χ2n) is 2.35. The standard InChI is InChI=1S/C9H13N2.CHO.ClH.Os.H/c1-2-6-10-8-9-5-3-4-7-11-9;1-2;;;/h3-5,7,10H,1-2,6,8H2;1H;1H;;/q2*-1;;+1;/p-1. The van der Waals surface area contributed by atoms with Crippen molar-refractivity contribution in [3.8, 4) is 0 Å². The van der Waals surface area contributed by atoms with Crippen LogP contribution in [0.15, 0.2) is 24.4 Å². The van der Waals surface area contributed by atoms with Crippen LogP contribution in [-0.2, 0) is 28.9 Å². The van der Waals surface area contributed by atoms with Crippen molar-refractivity contribution in [2.45, 2.75) is 13.0 Å². The maximum absolute atomic E-state index is 7.75. The van der Waals surface area contributed by atoms with E-state index in [0.717, 1.165) is 25.2 Å². The number of rotatable bonds is 4. The van der Waals surface area contributed by atoms with Crippen molar-refractivity contribution in [1.29, 1.82) is 0 Å². The van der Waals surface area contributed by atoms with E-state index in [1.54, 1.807) is 6.20 Å². The normalized spacial score (nSPS) is 8.00. The molecule has 0 aliphatic heterocycles. The summed E-state index contributed by atoms with van der Waals surface area (Å²) in [5.41, 5.74) is 1.08. The van der Waals surface area contributed by atoms with Gasteiger partial charge in [-0.2, -0.15) is 6.42 Å². The molecule has 0 aliphatic rings. The maximum atomic E-state index is 7.75. The molecule has 0 fully saturated rings. The zero-order valence-electron chi connectivity index (χ0n) is 8.33. The van der Waals surface area contributed by atoms with Gasteiger partial charge in [-0.15, -0.1) is 0 Å². The molecule has 0 unspecified atom stereocenters. The molecule has 15 heavy (non-hydrogen) atoms. The first kappa shape index (κ1) is 17.1. The molecule has 0 amide bonds. The van der Waals surface area contributed by atoms with Crippen LogP contribution in [0.4, 0.5) is 0 Å². The van der Waals surface area contributed by atoms with E-state index in [1.807, 2.05) is 18.2 Å². The van der Waals surface area contributed by atoms with Gasteiger partial charge in [0.15, 0.2) is 0 Å². The van der Waals surface area contributed by atoms with Gasteiger partial charge in [0.25, 0.3) is 0 Å². The van der Waals surface area contributed by atoms with Crippen molar-refractivity contribution in [2.75, 3.05) is 6.54 Å². The van der Waals surface area contributed by atoms with E-state index in [1.165, 1.54) is 17.6 Å². The molecule has 0 bridgehead atoms. The van der Waals surface area contributed by atoms with E-state index in [9.17, 15) is 0 Å². The SMILES string of the molecule is [CH-]=O.[CH2-]CCNCc1ccccn1.[Cl][OsH]. The van der Waals surface area contributed by atoms with Gasteiger partial charge in [-0.25, -0.2) is 0 Å². The van der Waals surface area contributed by atoms with Gasteiger partial charge in [-0.05, 0) is 18.7 Å². The van der Waals surface area contributed by atoms with Crippen molar-refractivity contribution in [1.82, 2.24) is 10.3 Å². The van der Waals surface area contributed by atoms with Gasteiger partial charge < -0.3 is 17.0 Å². The van der Waals surface area contributed by atoms with Crippen molar-refractivity contribution in [3.63, 3.8) is 0 Å². The number of aromatic nitrogens is 1. The van der Waals surface area contributed by atoms with Gasteiger partial charge in [0.2, 0.25) is 0 Å². The third kappa shape index (κ3) is 11.6. The summed E-state index contributed by atoms with van der Waals surface area (Å²) in [6.45, 7) is 8.78. The molecule has 0 saturated carbocycles. The van der Waals surface area contributed by atoms with E-state index in [2.05, 4.69) is 24.0 Å². The molecule has 1 aromatic rings. The average molecular weight is 405 g/mol. The Hall–Kier alpha value is -0.294. The molecule has 0 spiro atoms. The Kier molecular flexibility index (Phi) is 18.4. The Morgan fingerprint density at radius 1 is 1.47 bits per heavy atom. The van der Waals surface area contributed by atoms with Crippen molar-refractivity contribution >= 4 is 16.4 Å². The molecule has 0 saturated heterocycles. The molecule has 0 radical (unpaired) electrons. The first-order chi connectivity index (χ1) is 7.43. The summed E-state index contributed by atoms with van der Waals surface area (Å²) in [5, 5.41) is 3.23. The van der Waals surface area contributed by atoms with Crippen LogP contribution in [0.1, 0.15) is 12.1 Å². The van der Waals surface area contributed by atoms with Crippen LogP contribution in [0.25, 0.3) is 0 Å². The number of nitrogens with zero attached hydrogens (tertiary/aromatic N) is 1. The molecule has 1 rings (SSSR count). The predicted molar refractivity (Wildman–Crippen MR) is 59.9 cm³/mol. The second kappa shape index (κ2) is 16.1. The van der Waals surface area contributed by atoms with Gasteiger partial charge in [-0.3, -0.25) is 11.8 Å². The van der Waals surface area contributed by atoms with Crippen molar-refractivity contribution in [3.05, 3.63) is 37.0 Å². The zero-order chi connectivity index (χ0) is 11.9. The van der Waals surface area contributed by atoms with Crippen LogP contribution in [0.2, 0.25) is 0 Å². The predicted octanol–water partition coefficient (Wildman–Crippen LogP) is 1.54. The summed E-state index contributed by atoms with van der Waals surface area (Å²) in [5.74, 6) is 0. The number of carbonyl (C=O) groups excluding carboxylic acids is 1. The summed E-state index contributed by atoms with van der Waals surface area (Å²) in [4.78, 5) is 11.9. The molecule has 5 heteroatoms. The topological polar surface area (TPSA) is 42.0 Å². The zero-order valence-corrected chi connectivity index (χ0v) is 11.8. The molecule has 0 aromatic carbocycles. The Labute approximate surface area is 106 Å². The first-order valence-corrected chi connectivity index (χ1v) is 7.57. The Bertz CT molecular complexity index is 212. The minimum absolute atomic E-state index is 0.844. The Morgan fingerprint density at radius 3 is 2.60 bits per heavy atom. The van der Waals surface area contributed by atoms with Crippen molar-refractivity contribution < 1.29 is 22.4 Å².